The van der Waals surface area contributed by atoms with Gasteiger partial charge in [0.25, 0.3) is 0 Å². The van der Waals surface area contributed by atoms with Crippen LogP contribution in [0.5, 0.6) is 0 Å². The second-order valence-electron chi connectivity index (χ2n) is 7.44. The standard InChI is InChI=1S/C20H28N2O4/c1-14-5-3-4-6-17(14)18-11-16(26-22-18)12-20(7-9-25-10-8-20)19(24)21-13-15(2)23/h3-6,15-16,23H,7-13H2,1-2H3,(H,21,24)/t15-,16+/m1/s1. The highest BCUT2D eigenvalue weighted by Gasteiger charge is 2.43. The zero-order valence-corrected chi connectivity index (χ0v) is 15.5. The lowest BCUT2D eigenvalue weighted by Gasteiger charge is -2.37. The van der Waals surface area contributed by atoms with E-state index in [1.807, 2.05) is 12.1 Å². The Kier molecular flexibility index (Phi) is 5.94. The summed E-state index contributed by atoms with van der Waals surface area (Å²) < 4.78 is 5.47. The van der Waals surface area contributed by atoms with Crippen molar-refractivity contribution in [3.63, 3.8) is 0 Å². The summed E-state index contributed by atoms with van der Waals surface area (Å²) in [5.74, 6) is -0.0189. The fourth-order valence-electron chi connectivity index (χ4n) is 3.74. The van der Waals surface area contributed by atoms with Crippen LogP contribution < -0.4 is 5.32 Å². The number of carbonyl (C=O) groups excluding carboxylic acids is 1. The lowest BCUT2D eigenvalue weighted by atomic mass is 9.74. The maximum Gasteiger partial charge on any atom is 0.226 e. The molecule has 1 amide bonds. The second-order valence-corrected chi connectivity index (χ2v) is 7.44. The third-order valence-corrected chi connectivity index (χ3v) is 5.30. The Morgan fingerprint density at radius 1 is 1.38 bits per heavy atom. The van der Waals surface area contributed by atoms with Crippen molar-refractivity contribution in [1.82, 2.24) is 5.32 Å². The summed E-state index contributed by atoms with van der Waals surface area (Å²) >= 11 is 0. The molecule has 6 heteroatoms. The average molecular weight is 360 g/mol. The molecule has 2 aliphatic rings. The van der Waals surface area contributed by atoms with Crippen LogP contribution in [0.4, 0.5) is 0 Å². The number of aliphatic hydroxyl groups excluding tert-OH is 1. The van der Waals surface area contributed by atoms with Crippen LogP contribution in [-0.4, -0.2) is 48.7 Å². The Labute approximate surface area is 154 Å². The summed E-state index contributed by atoms with van der Waals surface area (Å²) in [4.78, 5) is 18.5. The Hall–Kier alpha value is -1.92. The van der Waals surface area contributed by atoms with Gasteiger partial charge in [0.1, 0.15) is 6.10 Å². The van der Waals surface area contributed by atoms with E-state index in [4.69, 9.17) is 9.57 Å². The number of rotatable bonds is 6. The lowest BCUT2D eigenvalue weighted by molar-refractivity contribution is -0.140. The number of aryl methyl sites for hydroxylation is 1. The van der Waals surface area contributed by atoms with Gasteiger partial charge in [0.2, 0.25) is 5.91 Å². The van der Waals surface area contributed by atoms with Crippen LogP contribution in [-0.2, 0) is 14.4 Å². The molecule has 2 aliphatic heterocycles. The first kappa shape index (κ1) is 18.9. The smallest absolute Gasteiger partial charge is 0.226 e. The predicted octanol–water partition coefficient (Wildman–Crippen LogP) is 2.17. The number of ether oxygens (including phenoxy) is 1. The molecule has 1 saturated heterocycles. The van der Waals surface area contributed by atoms with Crippen LogP contribution >= 0.6 is 0 Å². The molecule has 1 aromatic carbocycles. The molecule has 1 fully saturated rings. The molecule has 0 aliphatic carbocycles. The monoisotopic (exact) mass is 360 g/mol. The summed E-state index contributed by atoms with van der Waals surface area (Å²) in [5.41, 5.74) is 2.70. The number of carbonyl (C=O) groups is 1. The summed E-state index contributed by atoms with van der Waals surface area (Å²) in [6.07, 6.45) is 1.98. The maximum absolute atomic E-state index is 12.8. The number of nitrogens with one attached hydrogen (secondary N) is 1. The van der Waals surface area contributed by atoms with Gasteiger partial charge in [-0.1, -0.05) is 29.4 Å². The van der Waals surface area contributed by atoms with Gasteiger partial charge in [-0.25, -0.2) is 0 Å². The normalized spacial score (nSPS) is 23.0. The Morgan fingerprint density at radius 2 is 2.12 bits per heavy atom. The number of benzene rings is 1. The van der Waals surface area contributed by atoms with Gasteiger partial charge in [0, 0.05) is 38.2 Å². The molecule has 0 saturated carbocycles. The van der Waals surface area contributed by atoms with Crippen molar-refractivity contribution in [3.8, 4) is 0 Å². The maximum atomic E-state index is 12.8. The fourth-order valence-corrected chi connectivity index (χ4v) is 3.74. The van der Waals surface area contributed by atoms with Gasteiger partial charge < -0.3 is 20.0 Å². The van der Waals surface area contributed by atoms with E-state index in [1.54, 1.807) is 6.92 Å². The summed E-state index contributed by atoms with van der Waals surface area (Å²) in [6.45, 7) is 5.13. The van der Waals surface area contributed by atoms with Crippen LogP contribution in [0.15, 0.2) is 29.4 Å². The molecule has 142 valence electrons. The predicted molar refractivity (Wildman–Crippen MR) is 99.0 cm³/mol. The minimum atomic E-state index is -0.561. The van der Waals surface area contributed by atoms with E-state index in [1.165, 1.54) is 5.56 Å². The van der Waals surface area contributed by atoms with Gasteiger partial charge >= 0.3 is 0 Å². The Balaban J connectivity index is 1.67. The van der Waals surface area contributed by atoms with Crippen LogP contribution in [0.3, 0.4) is 0 Å². The van der Waals surface area contributed by atoms with E-state index in [0.29, 0.717) is 38.9 Å². The van der Waals surface area contributed by atoms with Gasteiger partial charge in [0.15, 0.2) is 0 Å². The first-order valence-electron chi connectivity index (χ1n) is 9.33. The van der Waals surface area contributed by atoms with Crippen molar-refractivity contribution in [2.45, 2.75) is 51.7 Å². The molecule has 2 atom stereocenters. The van der Waals surface area contributed by atoms with E-state index in [-0.39, 0.29) is 18.6 Å². The first-order valence-corrected chi connectivity index (χ1v) is 9.33. The first-order chi connectivity index (χ1) is 12.5. The van der Waals surface area contributed by atoms with Gasteiger partial charge in [-0.2, -0.15) is 0 Å². The highest BCUT2D eigenvalue weighted by Crippen LogP contribution is 2.38. The van der Waals surface area contributed by atoms with Crippen molar-refractivity contribution in [2.24, 2.45) is 10.6 Å². The van der Waals surface area contributed by atoms with Crippen molar-refractivity contribution >= 4 is 11.6 Å². The number of oxime groups is 1. The largest absolute Gasteiger partial charge is 0.392 e. The molecule has 0 bridgehead atoms. The van der Waals surface area contributed by atoms with Crippen molar-refractivity contribution in [3.05, 3.63) is 35.4 Å². The van der Waals surface area contributed by atoms with Gasteiger partial charge in [-0.05, 0) is 32.3 Å². The highest BCUT2D eigenvalue weighted by molar-refractivity contribution is 6.02. The molecule has 0 radical (unpaired) electrons. The van der Waals surface area contributed by atoms with Crippen LogP contribution in [0.25, 0.3) is 0 Å². The number of amides is 1. The van der Waals surface area contributed by atoms with Crippen LogP contribution in [0.1, 0.15) is 43.7 Å². The fraction of sp³-hybridized carbons (Fsp3) is 0.600. The number of nitrogens with zero attached hydrogens (tertiary/aromatic N) is 1. The molecule has 1 aromatic rings. The SMILES string of the molecule is Cc1ccccc1C1=NO[C@H](CC2(C(=O)NC[C@@H](C)O)CCOCC2)C1. The van der Waals surface area contributed by atoms with Gasteiger partial charge in [-0.15, -0.1) is 0 Å². The van der Waals surface area contributed by atoms with Gasteiger partial charge in [0.05, 0.1) is 17.2 Å². The molecule has 0 aromatic heterocycles. The van der Waals surface area contributed by atoms with E-state index >= 15 is 0 Å². The molecule has 3 rings (SSSR count). The van der Waals surface area contributed by atoms with Crippen LogP contribution in [0, 0.1) is 12.3 Å². The molecular weight excluding hydrogens is 332 g/mol. The van der Waals surface area contributed by atoms with E-state index in [0.717, 1.165) is 11.3 Å². The van der Waals surface area contributed by atoms with Crippen LogP contribution in [0.2, 0.25) is 0 Å². The van der Waals surface area contributed by atoms with E-state index < -0.39 is 11.5 Å². The summed E-state index contributed by atoms with van der Waals surface area (Å²) in [6, 6.07) is 8.13. The molecule has 0 unspecified atom stereocenters. The molecule has 6 nitrogen and oxygen atoms in total. The van der Waals surface area contributed by atoms with Crippen molar-refractivity contribution in [2.75, 3.05) is 19.8 Å². The number of aliphatic hydroxyl groups is 1. The summed E-state index contributed by atoms with van der Waals surface area (Å²) in [5, 5.41) is 16.6. The Morgan fingerprint density at radius 3 is 2.81 bits per heavy atom. The third-order valence-electron chi connectivity index (χ3n) is 5.30. The molecule has 0 spiro atoms. The van der Waals surface area contributed by atoms with Crippen molar-refractivity contribution < 1.29 is 19.5 Å². The topological polar surface area (TPSA) is 80.2 Å². The zero-order chi connectivity index (χ0) is 18.6. The molecular formula is C20H28N2O4. The zero-order valence-electron chi connectivity index (χ0n) is 15.5. The van der Waals surface area contributed by atoms with E-state index in [9.17, 15) is 9.90 Å². The molecule has 26 heavy (non-hydrogen) atoms. The highest BCUT2D eigenvalue weighted by atomic mass is 16.6. The van der Waals surface area contributed by atoms with Gasteiger partial charge in [-0.3, -0.25) is 4.79 Å². The number of hydrogen-bond acceptors (Lipinski definition) is 5. The van der Waals surface area contributed by atoms with E-state index in [2.05, 4.69) is 29.5 Å². The Bertz CT molecular complexity index is 666. The quantitative estimate of drug-likeness (QED) is 0.815. The third kappa shape index (κ3) is 4.24. The number of hydrogen-bond donors (Lipinski definition) is 2. The minimum absolute atomic E-state index is 0.0189. The summed E-state index contributed by atoms with van der Waals surface area (Å²) in [7, 11) is 0. The molecule has 2 N–H and O–H groups in total. The minimum Gasteiger partial charge on any atom is -0.392 e. The van der Waals surface area contributed by atoms with Crippen molar-refractivity contribution in [1.29, 1.82) is 0 Å². The average Bonchev–Trinajstić information content (AvgIpc) is 3.08. The lowest BCUT2D eigenvalue weighted by Crippen LogP contribution is -2.48. The second kappa shape index (κ2) is 8.18. The molecule has 2 heterocycles.